The normalized spacial score (nSPS) is 18.9. The van der Waals surface area contributed by atoms with E-state index in [1.807, 2.05) is 18.2 Å². The van der Waals surface area contributed by atoms with Gasteiger partial charge in [0.05, 0.1) is 17.6 Å². The highest BCUT2D eigenvalue weighted by atomic mass is 16.5. The summed E-state index contributed by atoms with van der Waals surface area (Å²) in [5.41, 5.74) is 7.74. The molecule has 2 heterocycles. The molecule has 1 amide bonds. The number of carbonyl (C=O) groups is 1. The predicted octanol–water partition coefficient (Wildman–Crippen LogP) is 1.31. The van der Waals surface area contributed by atoms with Crippen LogP contribution >= 0.6 is 0 Å². The number of benzene rings is 1. The number of ether oxygens (including phenoxy) is 1. The molecule has 0 spiro atoms. The van der Waals surface area contributed by atoms with Gasteiger partial charge in [-0.2, -0.15) is 0 Å². The van der Waals surface area contributed by atoms with Crippen LogP contribution in [0.5, 0.6) is 0 Å². The van der Waals surface area contributed by atoms with E-state index in [1.165, 1.54) is 0 Å². The standard InChI is InChI=1S/C13H16N4O2/c14-7-12(18)15-8-3-4-9-10(6-8)17-13(16-9)11-2-1-5-19-11/h3-4,6,11H,1-2,5,7,14H2,(H,15,18)(H,16,17). The van der Waals surface area contributed by atoms with Crippen molar-refractivity contribution < 1.29 is 9.53 Å². The number of rotatable bonds is 3. The van der Waals surface area contributed by atoms with E-state index in [0.717, 1.165) is 36.3 Å². The Morgan fingerprint density at radius 3 is 3.21 bits per heavy atom. The van der Waals surface area contributed by atoms with E-state index in [4.69, 9.17) is 10.5 Å². The minimum Gasteiger partial charge on any atom is -0.370 e. The van der Waals surface area contributed by atoms with Crippen molar-refractivity contribution in [1.29, 1.82) is 0 Å². The summed E-state index contributed by atoms with van der Waals surface area (Å²) >= 11 is 0. The zero-order valence-corrected chi connectivity index (χ0v) is 10.5. The molecule has 1 unspecified atom stereocenters. The molecule has 4 N–H and O–H groups in total. The van der Waals surface area contributed by atoms with Crippen molar-refractivity contribution in [3.05, 3.63) is 24.0 Å². The third-order valence-corrected chi connectivity index (χ3v) is 3.20. The topological polar surface area (TPSA) is 93.0 Å². The second-order valence-electron chi connectivity index (χ2n) is 4.61. The van der Waals surface area contributed by atoms with Crippen molar-refractivity contribution in [1.82, 2.24) is 9.97 Å². The first kappa shape index (κ1) is 12.1. The Morgan fingerprint density at radius 2 is 2.47 bits per heavy atom. The maximum Gasteiger partial charge on any atom is 0.238 e. The van der Waals surface area contributed by atoms with Crippen LogP contribution in [0.15, 0.2) is 18.2 Å². The predicted molar refractivity (Wildman–Crippen MR) is 71.7 cm³/mol. The summed E-state index contributed by atoms with van der Waals surface area (Å²) in [4.78, 5) is 19.0. The number of amides is 1. The zero-order chi connectivity index (χ0) is 13.2. The summed E-state index contributed by atoms with van der Waals surface area (Å²) in [6, 6.07) is 5.54. The number of fused-ring (bicyclic) bond motifs is 1. The Bertz CT molecular complexity index is 602. The van der Waals surface area contributed by atoms with Gasteiger partial charge in [0, 0.05) is 12.3 Å². The Kier molecular flexibility index (Phi) is 3.18. The molecule has 2 aromatic rings. The fourth-order valence-electron chi connectivity index (χ4n) is 2.26. The average Bonchev–Trinajstić information content (AvgIpc) is 3.06. The number of carbonyl (C=O) groups excluding carboxylic acids is 1. The molecular weight excluding hydrogens is 244 g/mol. The molecule has 19 heavy (non-hydrogen) atoms. The van der Waals surface area contributed by atoms with Gasteiger partial charge in [-0.3, -0.25) is 4.79 Å². The minimum absolute atomic E-state index is 0.0256. The molecular formula is C13H16N4O2. The number of aromatic nitrogens is 2. The minimum atomic E-state index is -0.210. The number of nitrogens with zero attached hydrogens (tertiary/aromatic N) is 1. The Hall–Kier alpha value is -1.92. The van der Waals surface area contributed by atoms with E-state index in [9.17, 15) is 4.79 Å². The molecule has 1 aromatic carbocycles. The first-order chi connectivity index (χ1) is 9.26. The van der Waals surface area contributed by atoms with Gasteiger partial charge in [0.1, 0.15) is 11.9 Å². The molecule has 0 aliphatic carbocycles. The van der Waals surface area contributed by atoms with Crippen LogP contribution in [0, 0.1) is 0 Å². The third-order valence-electron chi connectivity index (χ3n) is 3.20. The molecule has 3 rings (SSSR count). The fraction of sp³-hybridized carbons (Fsp3) is 0.385. The van der Waals surface area contributed by atoms with Crippen LogP contribution in [0.1, 0.15) is 24.8 Å². The van der Waals surface area contributed by atoms with E-state index in [2.05, 4.69) is 15.3 Å². The molecule has 0 bridgehead atoms. The van der Waals surface area contributed by atoms with Gasteiger partial charge in [0.15, 0.2) is 0 Å². The van der Waals surface area contributed by atoms with Gasteiger partial charge in [-0.1, -0.05) is 0 Å². The summed E-state index contributed by atoms with van der Waals surface area (Å²) in [7, 11) is 0. The van der Waals surface area contributed by atoms with Gasteiger partial charge in [0.25, 0.3) is 0 Å². The largest absolute Gasteiger partial charge is 0.370 e. The van der Waals surface area contributed by atoms with Crippen LogP contribution in [-0.2, 0) is 9.53 Å². The third kappa shape index (κ3) is 2.45. The van der Waals surface area contributed by atoms with Crippen molar-refractivity contribution in [3.63, 3.8) is 0 Å². The molecule has 1 fully saturated rings. The Morgan fingerprint density at radius 1 is 1.58 bits per heavy atom. The lowest BCUT2D eigenvalue weighted by atomic mass is 10.2. The van der Waals surface area contributed by atoms with Crippen molar-refractivity contribution >= 4 is 22.6 Å². The summed E-state index contributed by atoms with van der Waals surface area (Å²) < 4.78 is 5.60. The molecule has 1 aliphatic heterocycles. The van der Waals surface area contributed by atoms with E-state index in [0.29, 0.717) is 5.69 Å². The molecule has 0 radical (unpaired) electrons. The monoisotopic (exact) mass is 260 g/mol. The van der Waals surface area contributed by atoms with E-state index in [-0.39, 0.29) is 18.6 Å². The molecule has 6 heteroatoms. The van der Waals surface area contributed by atoms with E-state index < -0.39 is 0 Å². The molecule has 1 atom stereocenters. The van der Waals surface area contributed by atoms with Gasteiger partial charge in [-0.05, 0) is 31.0 Å². The molecule has 1 aliphatic rings. The number of anilines is 1. The summed E-state index contributed by atoms with van der Waals surface area (Å²) in [6.45, 7) is 0.766. The van der Waals surface area contributed by atoms with Crippen LogP contribution in [-0.4, -0.2) is 29.0 Å². The number of hydrogen-bond acceptors (Lipinski definition) is 4. The zero-order valence-electron chi connectivity index (χ0n) is 10.5. The van der Waals surface area contributed by atoms with Gasteiger partial charge < -0.3 is 20.8 Å². The van der Waals surface area contributed by atoms with E-state index >= 15 is 0 Å². The maximum absolute atomic E-state index is 11.2. The molecule has 0 saturated carbocycles. The summed E-state index contributed by atoms with van der Waals surface area (Å²) in [6.07, 6.45) is 2.13. The number of H-pyrrole nitrogens is 1. The van der Waals surface area contributed by atoms with Gasteiger partial charge in [-0.15, -0.1) is 0 Å². The van der Waals surface area contributed by atoms with Crippen LogP contribution in [0.4, 0.5) is 5.69 Å². The fourth-order valence-corrected chi connectivity index (χ4v) is 2.26. The lowest BCUT2D eigenvalue weighted by Crippen LogP contribution is -2.21. The number of aromatic amines is 1. The van der Waals surface area contributed by atoms with E-state index in [1.54, 1.807) is 0 Å². The average molecular weight is 260 g/mol. The number of imidazole rings is 1. The van der Waals surface area contributed by atoms with Crippen molar-refractivity contribution in [2.75, 3.05) is 18.5 Å². The highest BCUT2D eigenvalue weighted by molar-refractivity contribution is 5.94. The SMILES string of the molecule is NCC(=O)Nc1ccc2nc(C3CCCO3)[nH]c2c1. The van der Waals surface area contributed by atoms with Crippen molar-refractivity contribution in [2.45, 2.75) is 18.9 Å². The first-order valence-corrected chi connectivity index (χ1v) is 6.37. The quantitative estimate of drug-likeness (QED) is 0.775. The van der Waals surface area contributed by atoms with Crippen LogP contribution in [0.3, 0.4) is 0 Å². The van der Waals surface area contributed by atoms with Gasteiger partial charge in [0.2, 0.25) is 5.91 Å². The molecule has 6 nitrogen and oxygen atoms in total. The van der Waals surface area contributed by atoms with Gasteiger partial charge >= 0.3 is 0 Å². The molecule has 1 saturated heterocycles. The van der Waals surface area contributed by atoms with Gasteiger partial charge in [-0.25, -0.2) is 4.98 Å². The van der Waals surface area contributed by atoms with Crippen molar-refractivity contribution in [2.24, 2.45) is 5.73 Å². The number of hydrogen-bond donors (Lipinski definition) is 3. The second-order valence-corrected chi connectivity index (χ2v) is 4.61. The number of nitrogens with one attached hydrogen (secondary N) is 2. The Labute approximate surface area is 110 Å². The lowest BCUT2D eigenvalue weighted by molar-refractivity contribution is -0.114. The Balaban J connectivity index is 1.88. The maximum atomic E-state index is 11.2. The first-order valence-electron chi connectivity index (χ1n) is 6.37. The van der Waals surface area contributed by atoms with Crippen LogP contribution in [0.25, 0.3) is 11.0 Å². The van der Waals surface area contributed by atoms with Crippen LogP contribution < -0.4 is 11.1 Å². The highest BCUT2D eigenvalue weighted by Crippen LogP contribution is 2.28. The lowest BCUT2D eigenvalue weighted by Gasteiger charge is -2.03. The summed E-state index contributed by atoms with van der Waals surface area (Å²) in [5, 5.41) is 2.72. The smallest absolute Gasteiger partial charge is 0.238 e. The number of nitrogens with two attached hydrogens (primary N) is 1. The molecule has 1 aromatic heterocycles. The highest BCUT2D eigenvalue weighted by Gasteiger charge is 2.21. The summed E-state index contributed by atoms with van der Waals surface area (Å²) in [5.74, 6) is 0.646. The van der Waals surface area contributed by atoms with Crippen LogP contribution in [0.2, 0.25) is 0 Å². The second kappa shape index (κ2) is 4.99. The molecule has 100 valence electrons. The van der Waals surface area contributed by atoms with Crippen molar-refractivity contribution in [3.8, 4) is 0 Å².